The Morgan fingerprint density at radius 1 is 0.875 bits per heavy atom. The summed E-state index contributed by atoms with van der Waals surface area (Å²) in [6.45, 7) is 19.8. The van der Waals surface area contributed by atoms with Gasteiger partial charge >= 0.3 is 5.97 Å². The largest absolute Gasteiger partial charge is 1.00 e. The number of hydrogen-bond acceptors (Lipinski definition) is 4. The molecule has 3 N–H and O–H groups in total. The Labute approximate surface area is 254 Å². The molecule has 4 unspecified atom stereocenters. The van der Waals surface area contributed by atoms with E-state index in [-0.39, 0.29) is 41.1 Å². The van der Waals surface area contributed by atoms with Gasteiger partial charge in [0.1, 0.15) is 6.10 Å². The van der Waals surface area contributed by atoms with Gasteiger partial charge in [-0.3, -0.25) is 0 Å². The van der Waals surface area contributed by atoms with E-state index in [0.717, 1.165) is 30.8 Å². The molecule has 40 heavy (non-hydrogen) atoms. The molecule has 6 heteroatoms. The fraction of sp³-hybridized carbons (Fsp3) is 0.971. The van der Waals surface area contributed by atoms with Crippen molar-refractivity contribution in [2.45, 2.75) is 125 Å². The van der Waals surface area contributed by atoms with Crippen molar-refractivity contribution < 1.29 is 41.7 Å². The van der Waals surface area contributed by atoms with Crippen LogP contribution in [-0.4, -0.2) is 49.6 Å². The summed E-state index contributed by atoms with van der Waals surface area (Å²) in [5, 5.41) is 10.9. The molecule has 1 heterocycles. The predicted molar refractivity (Wildman–Crippen MR) is 153 cm³/mol. The smallest absolute Gasteiger partial charge is 0.361 e. The fourth-order valence-corrected chi connectivity index (χ4v) is 12.7. The van der Waals surface area contributed by atoms with Crippen LogP contribution in [0.5, 0.6) is 0 Å². The zero-order chi connectivity index (χ0) is 28.1. The number of halogens is 1. The summed E-state index contributed by atoms with van der Waals surface area (Å²) in [4.78, 5) is 12.7. The fourth-order valence-electron chi connectivity index (χ4n) is 12.7. The molecule has 0 amide bonds. The Morgan fingerprint density at radius 3 is 2.33 bits per heavy atom. The Morgan fingerprint density at radius 2 is 1.60 bits per heavy atom. The van der Waals surface area contributed by atoms with Gasteiger partial charge < -0.3 is 36.9 Å². The normalized spacial score (nSPS) is 49.9. The molecule has 2 bridgehead atoms. The van der Waals surface area contributed by atoms with Gasteiger partial charge in [0.05, 0.1) is 25.9 Å². The summed E-state index contributed by atoms with van der Waals surface area (Å²) < 4.78 is 12.9. The number of aliphatic hydroxyl groups excluding tert-OH is 1. The molecular weight excluding hydrogens is 566 g/mol. The van der Waals surface area contributed by atoms with E-state index in [0.29, 0.717) is 52.2 Å². The number of aliphatic hydroxyl groups is 1. The van der Waals surface area contributed by atoms with E-state index >= 15 is 0 Å². The molecule has 6 aliphatic rings. The average Bonchev–Trinajstić information content (AvgIpc) is 3.20. The number of hydrogen-bond donors (Lipinski definition) is 2. The van der Waals surface area contributed by atoms with Gasteiger partial charge in [0.15, 0.2) is 6.54 Å². The first-order valence-corrected chi connectivity index (χ1v) is 16.5. The van der Waals surface area contributed by atoms with Crippen LogP contribution in [0.15, 0.2) is 0 Å². The second kappa shape index (κ2) is 10.2. The lowest BCUT2D eigenvalue weighted by Gasteiger charge is -2.73. The van der Waals surface area contributed by atoms with Gasteiger partial charge in [-0.1, -0.05) is 48.5 Å². The SMILES string of the molecule is CC1(C)CC[C@]23CC[C@]4(C)C(CCC5[C@@]6(C)CC[C@H](OC(=O)C[NH2+]CCO)C(C)(C)C6CC[C@]54C)C2[C@H]1OC3.[Br-]. The molecule has 1 saturated heterocycles. The lowest BCUT2D eigenvalue weighted by molar-refractivity contribution is -0.646. The van der Waals surface area contributed by atoms with E-state index in [2.05, 4.69) is 48.5 Å². The van der Waals surface area contributed by atoms with Crippen LogP contribution in [0.25, 0.3) is 0 Å². The molecule has 5 saturated carbocycles. The monoisotopic (exact) mass is 623 g/mol. The quantitative estimate of drug-likeness (QED) is 0.364. The first-order valence-electron chi connectivity index (χ1n) is 16.5. The molecule has 0 radical (unpaired) electrons. The van der Waals surface area contributed by atoms with Crippen LogP contribution >= 0.6 is 0 Å². The number of fused-ring (bicyclic) bond motifs is 5. The van der Waals surface area contributed by atoms with Crippen molar-refractivity contribution >= 4 is 5.97 Å². The van der Waals surface area contributed by atoms with Gasteiger partial charge in [-0.05, 0) is 115 Å². The van der Waals surface area contributed by atoms with Gasteiger partial charge in [0, 0.05) is 5.41 Å². The maximum absolute atomic E-state index is 12.7. The number of esters is 1. The van der Waals surface area contributed by atoms with Crippen molar-refractivity contribution in [3.05, 3.63) is 0 Å². The Kier molecular flexibility index (Phi) is 7.97. The van der Waals surface area contributed by atoms with Crippen LogP contribution in [0.1, 0.15) is 113 Å². The summed E-state index contributed by atoms with van der Waals surface area (Å²) >= 11 is 0. The van der Waals surface area contributed by atoms with Gasteiger partial charge in [-0.25, -0.2) is 4.79 Å². The van der Waals surface area contributed by atoms with E-state index in [1.807, 2.05) is 5.32 Å². The maximum atomic E-state index is 12.7. The second-order valence-electron chi connectivity index (χ2n) is 17.1. The third-order valence-corrected chi connectivity index (χ3v) is 15.0. The van der Waals surface area contributed by atoms with E-state index in [4.69, 9.17) is 14.6 Å². The highest BCUT2D eigenvalue weighted by atomic mass is 79.9. The van der Waals surface area contributed by atoms with Crippen LogP contribution < -0.4 is 22.3 Å². The van der Waals surface area contributed by atoms with Crippen LogP contribution in [-0.2, 0) is 14.3 Å². The highest BCUT2D eigenvalue weighted by molar-refractivity contribution is 5.70. The van der Waals surface area contributed by atoms with Crippen molar-refractivity contribution in [2.24, 2.45) is 56.2 Å². The molecule has 0 aromatic heterocycles. The highest BCUT2D eigenvalue weighted by Crippen LogP contribution is 2.78. The summed E-state index contributed by atoms with van der Waals surface area (Å²) in [6, 6.07) is 0. The van der Waals surface area contributed by atoms with Crippen LogP contribution in [0.3, 0.4) is 0 Å². The van der Waals surface area contributed by atoms with E-state index < -0.39 is 0 Å². The minimum absolute atomic E-state index is 0. The Hall–Kier alpha value is -0.170. The standard InChI is InChI=1S/C34H57NO4.BrH/c1-29(2)14-16-34-17-15-32(6)22(27(34)28(29)38-21-34)8-9-24-31(5)12-11-25(39-26(37)20-35-18-19-36)30(3,4)23(31)10-13-33(24,32)7;/h22-25,27-28,35-36H,8-21H2,1-7H3;1H/t22?,23?,24?,25-,27?,28+,31-,32+,33+,34+;/m0./s1. The number of quaternary nitrogens is 1. The molecule has 0 aromatic rings. The topological polar surface area (TPSA) is 72.4 Å². The summed E-state index contributed by atoms with van der Waals surface area (Å²) in [7, 11) is 0. The first-order chi connectivity index (χ1) is 18.3. The molecule has 5 nitrogen and oxygen atoms in total. The van der Waals surface area contributed by atoms with Crippen molar-refractivity contribution in [2.75, 3.05) is 26.3 Å². The van der Waals surface area contributed by atoms with Gasteiger partial charge in [-0.2, -0.15) is 0 Å². The number of carbonyl (C=O) groups is 1. The number of nitrogens with two attached hydrogens (primary N) is 1. The molecular formula is C34H58BrNO4. The minimum Gasteiger partial charge on any atom is -1.00 e. The van der Waals surface area contributed by atoms with Crippen molar-refractivity contribution in [1.29, 1.82) is 0 Å². The van der Waals surface area contributed by atoms with Crippen LogP contribution in [0.4, 0.5) is 0 Å². The number of carbonyl (C=O) groups excluding carboxylic acids is 1. The van der Waals surface area contributed by atoms with Gasteiger partial charge in [0.25, 0.3) is 0 Å². The van der Waals surface area contributed by atoms with Gasteiger partial charge in [0.2, 0.25) is 0 Å². The van der Waals surface area contributed by atoms with E-state index in [1.165, 1.54) is 57.8 Å². The molecule has 5 aliphatic carbocycles. The van der Waals surface area contributed by atoms with E-state index in [1.54, 1.807) is 0 Å². The summed E-state index contributed by atoms with van der Waals surface area (Å²) in [5.74, 6) is 2.74. The van der Waals surface area contributed by atoms with Crippen molar-refractivity contribution in [3.63, 3.8) is 0 Å². The van der Waals surface area contributed by atoms with Crippen molar-refractivity contribution in [3.8, 4) is 0 Å². The maximum Gasteiger partial charge on any atom is 0.361 e. The zero-order valence-electron chi connectivity index (χ0n) is 26.5. The molecule has 0 aromatic carbocycles. The predicted octanol–water partition coefficient (Wildman–Crippen LogP) is 2.35. The summed E-state index contributed by atoms with van der Waals surface area (Å²) in [5.41, 5.74) is 1.78. The second-order valence-corrected chi connectivity index (χ2v) is 17.1. The molecule has 6 rings (SSSR count). The average molecular weight is 625 g/mol. The molecule has 10 atom stereocenters. The first kappa shape index (κ1) is 31.3. The lowest BCUT2D eigenvalue weighted by Crippen LogP contribution is -3.00. The minimum atomic E-state index is -0.123. The number of rotatable bonds is 5. The Balaban J connectivity index is 0.00000323. The number of ether oxygens (including phenoxy) is 2. The lowest BCUT2D eigenvalue weighted by atomic mass is 9.31. The van der Waals surface area contributed by atoms with Crippen LogP contribution in [0, 0.1) is 56.2 Å². The molecule has 1 aliphatic heterocycles. The Bertz CT molecular complexity index is 985. The summed E-state index contributed by atoms with van der Waals surface area (Å²) in [6.07, 6.45) is 13.4. The highest BCUT2D eigenvalue weighted by Gasteiger charge is 2.72. The van der Waals surface area contributed by atoms with E-state index in [9.17, 15) is 4.79 Å². The van der Waals surface area contributed by atoms with Crippen LogP contribution in [0.2, 0.25) is 0 Å². The molecule has 6 fully saturated rings. The molecule has 0 spiro atoms. The third-order valence-electron chi connectivity index (χ3n) is 15.0. The zero-order valence-corrected chi connectivity index (χ0v) is 28.1. The van der Waals surface area contributed by atoms with Crippen molar-refractivity contribution in [1.82, 2.24) is 0 Å². The third kappa shape index (κ3) is 4.18. The molecule has 230 valence electrons. The van der Waals surface area contributed by atoms with Gasteiger partial charge in [-0.15, -0.1) is 0 Å².